The van der Waals surface area contributed by atoms with Gasteiger partial charge < -0.3 is 14.8 Å². The maximum Gasteiger partial charge on any atom is 0.337 e. The van der Waals surface area contributed by atoms with Gasteiger partial charge in [-0.1, -0.05) is 48.5 Å². The minimum absolute atomic E-state index is 0.256. The summed E-state index contributed by atoms with van der Waals surface area (Å²) < 4.78 is 23.9. The van der Waals surface area contributed by atoms with Crippen LogP contribution in [0.1, 0.15) is 26.3 Å². The van der Waals surface area contributed by atoms with E-state index < -0.39 is 5.97 Å². The molecular weight excluding hydrogens is 433 g/mol. The van der Waals surface area contributed by atoms with Gasteiger partial charge in [0.05, 0.1) is 18.2 Å². The van der Waals surface area contributed by atoms with Gasteiger partial charge in [0, 0.05) is 6.54 Å². The predicted molar refractivity (Wildman–Crippen MR) is 127 cm³/mol. The van der Waals surface area contributed by atoms with E-state index in [1.165, 1.54) is 31.4 Å². The van der Waals surface area contributed by atoms with E-state index >= 15 is 0 Å². The fraction of sp³-hybridized carbons (Fsp3) is 0.0714. The van der Waals surface area contributed by atoms with Crippen LogP contribution >= 0.6 is 0 Å². The molecule has 5 nitrogen and oxygen atoms in total. The molecule has 4 aromatic rings. The van der Waals surface area contributed by atoms with Crippen molar-refractivity contribution in [1.82, 2.24) is 5.32 Å². The van der Waals surface area contributed by atoms with Gasteiger partial charge in [-0.3, -0.25) is 4.79 Å². The van der Waals surface area contributed by atoms with Gasteiger partial charge in [0.1, 0.15) is 17.3 Å². The van der Waals surface area contributed by atoms with E-state index in [1.54, 1.807) is 36.4 Å². The zero-order chi connectivity index (χ0) is 23.9. The molecule has 0 saturated heterocycles. The molecule has 4 rings (SSSR count). The second-order valence-corrected chi connectivity index (χ2v) is 7.50. The molecule has 0 fully saturated rings. The number of benzene rings is 4. The highest BCUT2D eigenvalue weighted by molar-refractivity contribution is 5.98. The van der Waals surface area contributed by atoms with Gasteiger partial charge in [-0.05, 0) is 65.2 Å². The van der Waals surface area contributed by atoms with E-state index in [0.29, 0.717) is 22.6 Å². The van der Waals surface area contributed by atoms with Crippen LogP contribution in [0.25, 0.3) is 11.1 Å². The molecule has 0 bridgehead atoms. The van der Waals surface area contributed by atoms with Crippen LogP contribution in [-0.2, 0) is 11.3 Å². The molecule has 34 heavy (non-hydrogen) atoms. The van der Waals surface area contributed by atoms with Gasteiger partial charge in [0.2, 0.25) is 0 Å². The van der Waals surface area contributed by atoms with Crippen LogP contribution in [0.2, 0.25) is 0 Å². The number of carbonyl (C=O) groups excluding carboxylic acids is 2. The molecule has 0 spiro atoms. The minimum Gasteiger partial charge on any atom is -0.465 e. The summed E-state index contributed by atoms with van der Waals surface area (Å²) in [7, 11) is 1.33. The van der Waals surface area contributed by atoms with E-state index in [0.717, 1.165) is 16.7 Å². The van der Waals surface area contributed by atoms with E-state index in [9.17, 15) is 14.0 Å². The van der Waals surface area contributed by atoms with Gasteiger partial charge in [-0.25, -0.2) is 9.18 Å². The lowest BCUT2D eigenvalue weighted by Gasteiger charge is -2.14. The quantitative estimate of drug-likeness (QED) is 0.347. The fourth-order valence-electron chi connectivity index (χ4n) is 3.39. The molecule has 0 aliphatic heterocycles. The lowest BCUT2D eigenvalue weighted by molar-refractivity contribution is 0.0600. The number of hydrogen-bond donors (Lipinski definition) is 1. The van der Waals surface area contributed by atoms with Crippen molar-refractivity contribution in [3.8, 4) is 22.6 Å². The number of rotatable bonds is 7. The second kappa shape index (κ2) is 10.4. The van der Waals surface area contributed by atoms with Crippen molar-refractivity contribution >= 4 is 11.9 Å². The van der Waals surface area contributed by atoms with Crippen LogP contribution in [-0.4, -0.2) is 19.0 Å². The first kappa shape index (κ1) is 22.7. The third kappa shape index (κ3) is 5.48. The minimum atomic E-state index is -0.420. The van der Waals surface area contributed by atoms with Crippen LogP contribution in [0.4, 0.5) is 4.39 Å². The summed E-state index contributed by atoms with van der Waals surface area (Å²) in [5.41, 5.74) is 3.42. The molecule has 6 heteroatoms. The predicted octanol–water partition coefficient (Wildman–Crippen LogP) is 6.00. The Bertz CT molecular complexity index is 1290. The Hall–Kier alpha value is -4.45. The van der Waals surface area contributed by atoms with Gasteiger partial charge >= 0.3 is 5.97 Å². The van der Waals surface area contributed by atoms with E-state index in [2.05, 4.69) is 5.32 Å². The number of ether oxygens (including phenoxy) is 2. The van der Waals surface area contributed by atoms with Crippen molar-refractivity contribution in [2.45, 2.75) is 6.54 Å². The largest absolute Gasteiger partial charge is 0.465 e. The number of carbonyl (C=O) groups is 2. The van der Waals surface area contributed by atoms with Crippen LogP contribution in [0.5, 0.6) is 11.5 Å². The Kier molecular flexibility index (Phi) is 6.98. The first-order valence-corrected chi connectivity index (χ1v) is 10.6. The smallest absolute Gasteiger partial charge is 0.337 e. The standard InChI is InChI=1S/C28H22FNO4/c1-33-28(32)21-9-7-19(8-10-21)18-30-27(31)25-17-22(20-5-3-2-4-6-20)11-16-26(25)34-24-14-12-23(29)13-15-24/h2-17H,18H2,1H3,(H,30,31). The van der Waals surface area contributed by atoms with Crippen molar-refractivity contribution in [1.29, 1.82) is 0 Å². The number of methoxy groups -OCH3 is 1. The normalized spacial score (nSPS) is 10.4. The molecule has 1 N–H and O–H groups in total. The zero-order valence-corrected chi connectivity index (χ0v) is 18.5. The van der Waals surface area contributed by atoms with Crippen molar-refractivity contribution in [3.05, 3.63) is 120 Å². The Morgan fingerprint density at radius 3 is 2.21 bits per heavy atom. The van der Waals surface area contributed by atoms with Crippen LogP contribution in [0.3, 0.4) is 0 Å². The van der Waals surface area contributed by atoms with Crippen LogP contribution in [0.15, 0.2) is 97.1 Å². The first-order chi connectivity index (χ1) is 16.5. The molecule has 0 atom stereocenters. The highest BCUT2D eigenvalue weighted by Crippen LogP contribution is 2.30. The molecule has 0 heterocycles. The van der Waals surface area contributed by atoms with Crippen LogP contribution in [0, 0.1) is 5.82 Å². The van der Waals surface area contributed by atoms with Crippen molar-refractivity contribution in [3.63, 3.8) is 0 Å². The lowest BCUT2D eigenvalue weighted by Crippen LogP contribution is -2.23. The summed E-state index contributed by atoms with van der Waals surface area (Å²) in [5.74, 6) is -0.350. The number of halogens is 1. The highest BCUT2D eigenvalue weighted by Gasteiger charge is 2.16. The Morgan fingerprint density at radius 1 is 0.824 bits per heavy atom. The molecule has 4 aromatic carbocycles. The third-order valence-electron chi connectivity index (χ3n) is 5.20. The molecule has 0 saturated carbocycles. The summed E-state index contributed by atoms with van der Waals surface area (Å²) in [5, 5.41) is 2.90. The van der Waals surface area contributed by atoms with Crippen molar-refractivity contribution < 1.29 is 23.5 Å². The van der Waals surface area contributed by atoms with Gasteiger partial charge in [-0.2, -0.15) is 0 Å². The number of esters is 1. The average molecular weight is 455 g/mol. The fourth-order valence-corrected chi connectivity index (χ4v) is 3.39. The first-order valence-electron chi connectivity index (χ1n) is 10.6. The van der Waals surface area contributed by atoms with Gasteiger partial charge in [0.15, 0.2) is 0 Å². The van der Waals surface area contributed by atoms with Crippen LogP contribution < -0.4 is 10.1 Å². The Balaban J connectivity index is 1.58. The second-order valence-electron chi connectivity index (χ2n) is 7.50. The summed E-state index contributed by atoms with van der Waals surface area (Å²) in [6.07, 6.45) is 0. The van der Waals surface area contributed by atoms with Gasteiger partial charge in [0.25, 0.3) is 5.91 Å². The molecule has 0 aromatic heterocycles. The Labute approximate surface area is 196 Å². The maximum atomic E-state index is 13.3. The molecule has 0 aliphatic rings. The van der Waals surface area contributed by atoms with Crippen molar-refractivity contribution in [2.24, 2.45) is 0 Å². The monoisotopic (exact) mass is 455 g/mol. The zero-order valence-electron chi connectivity index (χ0n) is 18.5. The van der Waals surface area contributed by atoms with Gasteiger partial charge in [-0.15, -0.1) is 0 Å². The van der Waals surface area contributed by atoms with E-state index in [1.807, 2.05) is 36.4 Å². The van der Waals surface area contributed by atoms with E-state index in [4.69, 9.17) is 9.47 Å². The molecule has 0 aliphatic carbocycles. The average Bonchev–Trinajstić information content (AvgIpc) is 2.89. The molecule has 0 unspecified atom stereocenters. The maximum absolute atomic E-state index is 13.3. The number of amides is 1. The van der Waals surface area contributed by atoms with Crippen molar-refractivity contribution in [2.75, 3.05) is 7.11 Å². The molecule has 1 amide bonds. The topological polar surface area (TPSA) is 64.6 Å². The number of nitrogens with one attached hydrogen (secondary N) is 1. The number of hydrogen-bond acceptors (Lipinski definition) is 4. The Morgan fingerprint density at radius 2 is 1.53 bits per heavy atom. The highest BCUT2D eigenvalue weighted by atomic mass is 19.1. The third-order valence-corrected chi connectivity index (χ3v) is 5.20. The SMILES string of the molecule is COC(=O)c1ccc(CNC(=O)c2cc(-c3ccccc3)ccc2Oc2ccc(F)cc2)cc1. The molecular formula is C28H22FNO4. The summed E-state index contributed by atoms with van der Waals surface area (Å²) in [6.45, 7) is 0.256. The summed E-state index contributed by atoms with van der Waals surface area (Å²) in [6, 6.07) is 27.5. The van der Waals surface area contributed by atoms with E-state index in [-0.39, 0.29) is 18.3 Å². The summed E-state index contributed by atoms with van der Waals surface area (Å²) in [4.78, 5) is 24.8. The lowest BCUT2D eigenvalue weighted by atomic mass is 10.0. The summed E-state index contributed by atoms with van der Waals surface area (Å²) >= 11 is 0. The molecule has 170 valence electrons. The molecule has 0 radical (unpaired) electrons.